The molecule has 180 valence electrons. The SMILES string of the molecule is C[C@@](CCN1Cc2cc(C#CC#CC3(CO)CC3)cn2C1=O)(CNOP(=O)(O)O)S(C)(=O)=O. The smallest absolute Gasteiger partial charge is 0.395 e. The Kier molecular flexibility index (Phi) is 7.13. The molecule has 1 fully saturated rings. The van der Waals surface area contributed by atoms with Gasteiger partial charge in [0.25, 0.3) is 0 Å². The lowest BCUT2D eigenvalue weighted by Crippen LogP contribution is -2.46. The van der Waals surface area contributed by atoms with Gasteiger partial charge in [-0.3, -0.25) is 4.57 Å². The maximum absolute atomic E-state index is 12.7. The molecule has 0 aromatic carbocycles. The van der Waals surface area contributed by atoms with Crippen LogP contribution in [-0.2, 0) is 25.6 Å². The fraction of sp³-hybridized carbons (Fsp3) is 0.550. The monoisotopic (exact) mass is 499 g/mol. The Bertz CT molecular complexity index is 1210. The van der Waals surface area contributed by atoms with Gasteiger partial charge in [-0.15, -0.1) is 0 Å². The molecule has 1 amide bonds. The second-order valence-corrected chi connectivity index (χ2v) is 12.3. The number of nitrogens with one attached hydrogen (secondary N) is 1. The summed E-state index contributed by atoms with van der Waals surface area (Å²) in [5, 5.41) is 9.25. The van der Waals surface area contributed by atoms with Crippen LogP contribution >= 0.6 is 7.82 Å². The quantitative estimate of drug-likeness (QED) is 0.212. The van der Waals surface area contributed by atoms with E-state index >= 15 is 0 Å². The van der Waals surface area contributed by atoms with Crippen molar-refractivity contribution in [3.63, 3.8) is 0 Å². The van der Waals surface area contributed by atoms with Crippen LogP contribution in [0.5, 0.6) is 0 Å². The number of aliphatic hydroxyl groups excluding tert-OH is 1. The van der Waals surface area contributed by atoms with Crippen molar-refractivity contribution in [3.8, 4) is 23.7 Å². The molecule has 0 saturated heterocycles. The standard InChI is InChI=1S/C20H26N3O8PS/c1-19(33(2,29)30,14-21-31-32(26,27)28)9-10-22-13-17-11-16(12-23(17)18(22)25)5-3-4-6-20(15-24)7-8-20/h11-12,21,24H,7-10,13-15H2,1-2H3,(H2,26,27,28)/t19-/m1/s1. The molecule has 1 aromatic rings. The fourth-order valence-electron chi connectivity index (χ4n) is 3.25. The van der Waals surface area contributed by atoms with Crippen LogP contribution in [0.1, 0.15) is 37.4 Å². The van der Waals surface area contributed by atoms with Crippen molar-refractivity contribution in [1.29, 1.82) is 0 Å². The average Bonchev–Trinajstić information content (AvgIpc) is 3.29. The number of nitrogens with zero attached hydrogens (tertiary/aromatic N) is 2. The average molecular weight is 499 g/mol. The van der Waals surface area contributed by atoms with Crippen LogP contribution in [0.15, 0.2) is 12.3 Å². The maximum Gasteiger partial charge on any atom is 0.486 e. The zero-order valence-corrected chi connectivity index (χ0v) is 19.9. The number of aliphatic hydroxyl groups is 1. The van der Waals surface area contributed by atoms with Gasteiger partial charge in [-0.1, -0.05) is 11.8 Å². The molecular formula is C20H26N3O8PS. The normalized spacial score (nSPS) is 18.6. The molecule has 1 saturated carbocycles. The zero-order valence-electron chi connectivity index (χ0n) is 18.2. The second-order valence-electron chi connectivity index (χ2n) is 8.61. The van der Waals surface area contributed by atoms with E-state index in [9.17, 15) is 22.9 Å². The van der Waals surface area contributed by atoms with E-state index in [4.69, 9.17) is 9.79 Å². The number of amides is 1. The first-order chi connectivity index (χ1) is 15.3. The minimum Gasteiger partial charge on any atom is -0.395 e. The van der Waals surface area contributed by atoms with Crippen LogP contribution in [0.4, 0.5) is 4.79 Å². The maximum atomic E-state index is 12.7. The summed E-state index contributed by atoms with van der Waals surface area (Å²) in [5.74, 6) is 11.3. The van der Waals surface area contributed by atoms with Crippen LogP contribution in [0.25, 0.3) is 0 Å². The molecule has 33 heavy (non-hydrogen) atoms. The van der Waals surface area contributed by atoms with Crippen molar-refractivity contribution in [2.45, 2.75) is 37.5 Å². The summed E-state index contributed by atoms with van der Waals surface area (Å²) in [6, 6.07) is 1.44. The number of fused-ring (bicyclic) bond motifs is 1. The number of hydroxylamine groups is 1. The number of aromatic nitrogens is 1. The summed E-state index contributed by atoms with van der Waals surface area (Å²) in [5.41, 5.74) is 3.06. The fourth-order valence-corrected chi connectivity index (χ4v) is 4.27. The van der Waals surface area contributed by atoms with E-state index in [2.05, 4.69) is 28.3 Å². The molecule has 13 heteroatoms. The Morgan fingerprint density at radius 1 is 1.33 bits per heavy atom. The minimum atomic E-state index is -4.81. The molecule has 1 aliphatic carbocycles. The van der Waals surface area contributed by atoms with E-state index in [-0.39, 0.29) is 44.1 Å². The van der Waals surface area contributed by atoms with Gasteiger partial charge in [-0.2, -0.15) is 10.1 Å². The minimum absolute atomic E-state index is 0.0226. The van der Waals surface area contributed by atoms with Gasteiger partial charge < -0.3 is 19.8 Å². The summed E-state index contributed by atoms with van der Waals surface area (Å²) in [7, 11) is -8.47. The predicted molar refractivity (Wildman–Crippen MR) is 118 cm³/mol. The lowest BCUT2D eigenvalue weighted by atomic mass is 10.1. The van der Waals surface area contributed by atoms with E-state index in [1.165, 1.54) is 16.4 Å². The molecule has 11 nitrogen and oxygen atoms in total. The van der Waals surface area contributed by atoms with Crippen molar-refractivity contribution in [2.24, 2.45) is 5.41 Å². The molecule has 2 aliphatic rings. The number of carbonyl (C=O) groups is 1. The highest BCUT2D eigenvalue weighted by Crippen LogP contribution is 2.44. The number of phosphoric acid groups is 1. The molecule has 0 radical (unpaired) electrons. The van der Waals surface area contributed by atoms with Gasteiger partial charge >= 0.3 is 13.9 Å². The van der Waals surface area contributed by atoms with Crippen LogP contribution < -0.4 is 5.48 Å². The highest BCUT2D eigenvalue weighted by atomic mass is 32.2. The number of rotatable bonds is 9. The lowest BCUT2D eigenvalue weighted by molar-refractivity contribution is 0.117. The molecule has 0 unspecified atom stereocenters. The third kappa shape index (κ3) is 6.25. The Morgan fingerprint density at radius 2 is 2.03 bits per heavy atom. The first-order valence-corrected chi connectivity index (χ1v) is 13.5. The highest BCUT2D eigenvalue weighted by Gasteiger charge is 2.40. The van der Waals surface area contributed by atoms with Crippen molar-refractivity contribution in [2.75, 3.05) is 26.0 Å². The lowest BCUT2D eigenvalue weighted by Gasteiger charge is -2.29. The van der Waals surface area contributed by atoms with E-state index in [1.807, 2.05) is 5.48 Å². The highest BCUT2D eigenvalue weighted by molar-refractivity contribution is 7.92. The molecule has 2 heterocycles. The molecule has 1 aromatic heterocycles. The summed E-state index contributed by atoms with van der Waals surface area (Å²) in [4.78, 5) is 31.7. The molecule has 0 spiro atoms. The number of hydrogen-bond acceptors (Lipinski definition) is 7. The predicted octanol–water partition coefficient (Wildman–Crippen LogP) is 0.207. The van der Waals surface area contributed by atoms with Gasteiger partial charge in [0.2, 0.25) is 0 Å². The molecule has 4 N–H and O–H groups in total. The topological polar surface area (TPSA) is 158 Å². The van der Waals surface area contributed by atoms with Crippen LogP contribution in [-0.4, -0.2) is 69.5 Å². The van der Waals surface area contributed by atoms with E-state index < -0.39 is 22.4 Å². The number of sulfone groups is 1. The van der Waals surface area contributed by atoms with E-state index in [0.29, 0.717) is 11.3 Å². The molecule has 3 rings (SSSR count). The summed E-state index contributed by atoms with van der Waals surface area (Å²) < 4.78 is 39.6. The van der Waals surface area contributed by atoms with Crippen molar-refractivity contribution < 1.29 is 37.3 Å². The van der Waals surface area contributed by atoms with Crippen molar-refractivity contribution in [3.05, 3.63) is 23.5 Å². The van der Waals surface area contributed by atoms with Crippen molar-refractivity contribution >= 4 is 23.7 Å². The van der Waals surface area contributed by atoms with Gasteiger partial charge in [0.05, 0.1) is 23.3 Å². The summed E-state index contributed by atoms with van der Waals surface area (Å²) >= 11 is 0. The van der Waals surface area contributed by atoms with Crippen molar-refractivity contribution in [1.82, 2.24) is 14.9 Å². The molecule has 1 atom stereocenters. The van der Waals surface area contributed by atoms with E-state index in [0.717, 1.165) is 19.1 Å². The van der Waals surface area contributed by atoms with Crippen LogP contribution in [0, 0.1) is 29.1 Å². The number of carbonyl (C=O) groups excluding carboxylic acids is 1. The molecular weight excluding hydrogens is 473 g/mol. The van der Waals surface area contributed by atoms with E-state index in [1.54, 1.807) is 12.3 Å². The Hall–Kier alpha value is -2.15. The third-order valence-electron chi connectivity index (χ3n) is 5.92. The largest absolute Gasteiger partial charge is 0.486 e. The number of hydrogen-bond donors (Lipinski definition) is 4. The zero-order chi connectivity index (χ0) is 24.5. The molecule has 0 bridgehead atoms. The summed E-state index contributed by atoms with van der Waals surface area (Å²) in [6.45, 7) is 1.45. The third-order valence-corrected chi connectivity index (χ3v) is 8.42. The van der Waals surface area contributed by atoms with Gasteiger partial charge in [0, 0.05) is 36.8 Å². The Balaban J connectivity index is 1.61. The van der Waals surface area contributed by atoms with Crippen LogP contribution in [0.2, 0.25) is 0 Å². The first-order valence-electron chi connectivity index (χ1n) is 10.1. The Morgan fingerprint density at radius 3 is 2.58 bits per heavy atom. The van der Waals surface area contributed by atoms with Gasteiger partial charge in [0.15, 0.2) is 9.84 Å². The van der Waals surface area contributed by atoms with Gasteiger partial charge in [0.1, 0.15) is 0 Å². The second kappa shape index (κ2) is 9.24. The Labute approximate surface area is 192 Å². The van der Waals surface area contributed by atoms with Gasteiger partial charge in [-0.25, -0.2) is 17.8 Å². The van der Waals surface area contributed by atoms with Crippen LogP contribution in [0.3, 0.4) is 0 Å². The molecule has 1 aliphatic heterocycles. The van der Waals surface area contributed by atoms with Gasteiger partial charge in [-0.05, 0) is 44.1 Å². The first kappa shape index (κ1) is 25.5. The summed E-state index contributed by atoms with van der Waals surface area (Å²) in [6.07, 6.45) is 4.37.